The van der Waals surface area contributed by atoms with Gasteiger partial charge in [-0.05, 0) is 31.9 Å². The van der Waals surface area contributed by atoms with E-state index in [0.717, 1.165) is 25.7 Å². The number of carbonyl (C=O) groups is 3. The average molecular weight is 307 g/mol. The van der Waals surface area contributed by atoms with Crippen molar-refractivity contribution in [2.45, 2.75) is 51.2 Å². The topological polar surface area (TPSA) is 100 Å². The molecule has 0 unspecified atom stereocenters. The second-order valence-electron chi connectivity index (χ2n) is 5.43. The van der Waals surface area contributed by atoms with E-state index in [0.29, 0.717) is 0 Å². The molecule has 3 N–H and O–H groups in total. The van der Waals surface area contributed by atoms with Crippen molar-refractivity contribution in [3.8, 4) is 0 Å². The number of hydrogen-bond acceptors (Lipinski definition) is 4. The Bertz CT molecular complexity index is 521. The first-order valence-electron chi connectivity index (χ1n) is 7.52. The van der Waals surface area contributed by atoms with E-state index in [4.69, 9.17) is 4.74 Å². The minimum Gasteiger partial charge on any atom is -0.448 e. The number of amides is 3. The molecule has 1 aliphatic carbocycles. The molecule has 0 aromatic carbocycles. The van der Waals surface area contributed by atoms with Crippen LogP contribution >= 0.6 is 0 Å². The summed E-state index contributed by atoms with van der Waals surface area (Å²) < 4.78 is 4.99. The maximum Gasteiger partial charge on any atom is 0.355 e. The van der Waals surface area contributed by atoms with Gasteiger partial charge in [0, 0.05) is 12.2 Å². The maximum absolute atomic E-state index is 11.8. The molecule has 1 fully saturated rings. The maximum atomic E-state index is 11.8. The molecular formula is C15H21N3O4. The summed E-state index contributed by atoms with van der Waals surface area (Å²) in [6, 6.07) is 2.76. The zero-order chi connectivity index (χ0) is 15.9. The van der Waals surface area contributed by atoms with Crippen LogP contribution in [0, 0.1) is 0 Å². The highest BCUT2D eigenvalue weighted by Gasteiger charge is 2.22. The molecule has 1 aromatic heterocycles. The van der Waals surface area contributed by atoms with Crippen molar-refractivity contribution >= 4 is 17.9 Å². The molecule has 0 spiro atoms. The monoisotopic (exact) mass is 307 g/mol. The van der Waals surface area contributed by atoms with Gasteiger partial charge in [-0.1, -0.05) is 19.3 Å². The first-order valence-corrected chi connectivity index (χ1v) is 7.52. The molecule has 120 valence electrons. The van der Waals surface area contributed by atoms with Gasteiger partial charge in [0.15, 0.2) is 6.10 Å². The van der Waals surface area contributed by atoms with Crippen LogP contribution in [0.2, 0.25) is 0 Å². The van der Waals surface area contributed by atoms with E-state index in [-0.39, 0.29) is 11.7 Å². The number of rotatable bonds is 4. The molecule has 0 radical (unpaired) electrons. The molecule has 1 atom stereocenters. The fourth-order valence-corrected chi connectivity index (χ4v) is 2.42. The van der Waals surface area contributed by atoms with Gasteiger partial charge >= 0.3 is 12.0 Å². The number of esters is 1. The van der Waals surface area contributed by atoms with Crippen molar-refractivity contribution in [1.29, 1.82) is 0 Å². The first-order chi connectivity index (χ1) is 10.6. The normalized spacial score (nSPS) is 16.6. The Morgan fingerprint density at radius 1 is 1.27 bits per heavy atom. The van der Waals surface area contributed by atoms with Crippen LogP contribution in [0.15, 0.2) is 18.3 Å². The van der Waals surface area contributed by atoms with Crippen LogP contribution < -0.4 is 10.6 Å². The van der Waals surface area contributed by atoms with Gasteiger partial charge in [0.05, 0.1) is 0 Å². The van der Waals surface area contributed by atoms with Gasteiger partial charge in [-0.15, -0.1) is 0 Å². The number of ether oxygens (including phenoxy) is 1. The molecule has 7 nitrogen and oxygen atoms in total. The SMILES string of the molecule is C[C@@H](OC(=O)c1ccc[nH]1)C(=O)NC(=O)NC1CCCCC1. The summed E-state index contributed by atoms with van der Waals surface area (Å²) in [6.45, 7) is 1.42. The number of carbonyl (C=O) groups excluding carboxylic acids is 3. The lowest BCUT2D eigenvalue weighted by Gasteiger charge is -2.23. The van der Waals surface area contributed by atoms with Gasteiger partial charge in [-0.2, -0.15) is 0 Å². The second-order valence-corrected chi connectivity index (χ2v) is 5.43. The van der Waals surface area contributed by atoms with Crippen LogP contribution in [-0.2, 0) is 9.53 Å². The quantitative estimate of drug-likeness (QED) is 0.737. The molecule has 22 heavy (non-hydrogen) atoms. The van der Waals surface area contributed by atoms with Crippen molar-refractivity contribution in [2.24, 2.45) is 0 Å². The molecular weight excluding hydrogens is 286 g/mol. The zero-order valence-corrected chi connectivity index (χ0v) is 12.6. The third-order valence-electron chi connectivity index (χ3n) is 3.65. The molecule has 2 rings (SSSR count). The Labute approximate surface area is 128 Å². The minimum absolute atomic E-state index is 0.110. The van der Waals surface area contributed by atoms with Gasteiger partial charge in [0.2, 0.25) is 0 Å². The van der Waals surface area contributed by atoms with Crippen molar-refractivity contribution in [3.63, 3.8) is 0 Å². The number of urea groups is 1. The van der Waals surface area contributed by atoms with Crippen molar-refractivity contribution in [3.05, 3.63) is 24.0 Å². The lowest BCUT2D eigenvalue weighted by atomic mass is 9.96. The predicted octanol–water partition coefficient (Wildman–Crippen LogP) is 1.72. The summed E-state index contributed by atoms with van der Waals surface area (Å²) >= 11 is 0. The van der Waals surface area contributed by atoms with Crippen molar-refractivity contribution < 1.29 is 19.1 Å². The van der Waals surface area contributed by atoms with Crippen LogP contribution in [0.5, 0.6) is 0 Å². The fourth-order valence-electron chi connectivity index (χ4n) is 2.42. The van der Waals surface area contributed by atoms with E-state index < -0.39 is 24.0 Å². The summed E-state index contributed by atoms with van der Waals surface area (Å²) in [5.41, 5.74) is 0.256. The molecule has 0 aliphatic heterocycles. The standard InChI is InChI=1S/C15H21N3O4/c1-10(22-14(20)12-8-5-9-16-12)13(19)18-15(21)17-11-6-3-2-4-7-11/h5,8-11,16H,2-4,6-7H2,1H3,(H2,17,18,19,21)/t10-/m1/s1. The zero-order valence-electron chi connectivity index (χ0n) is 12.6. The molecule has 1 saturated carbocycles. The summed E-state index contributed by atoms with van der Waals surface area (Å²) in [5.74, 6) is -1.28. The van der Waals surface area contributed by atoms with Crippen molar-refractivity contribution in [1.82, 2.24) is 15.6 Å². The van der Waals surface area contributed by atoms with Crippen LogP contribution in [0.25, 0.3) is 0 Å². The van der Waals surface area contributed by atoms with Gasteiger partial charge in [-0.3, -0.25) is 10.1 Å². The van der Waals surface area contributed by atoms with Gasteiger partial charge in [-0.25, -0.2) is 9.59 Å². The van der Waals surface area contributed by atoms with E-state index in [2.05, 4.69) is 15.6 Å². The van der Waals surface area contributed by atoms with E-state index in [9.17, 15) is 14.4 Å². The molecule has 0 saturated heterocycles. The summed E-state index contributed by atoms with van der Waals surface area (Å²) in [4.78, 5) is 38.0. The summed E-state index contributed by atoms with van der Waals surface area (Å²) in [6.07, 6.45) is 5.75. The van der Waals surface area contributed by atoms with Crippen LogP contribution in [-0.4, -0.2) is 35.0 Å². The lowest BCUT2D eigenvalue weighted by molar-refractivity contribution is -0.127. The highest BCUT2D eigenvalue weighted by atomic mass is 16.5. The average Bonchev–Trinajstić information content (AvgIpc) is 3.02. The van der Waals surface area contributed by atoms with E-state index in [1.165, 1.54) is 13.3 Å². The van der Waals surface area contributed by atoms with Gasteiger partial charge < -0.3 is 15.0 Å². The molecule has 1 heterocycles. The lowest BCUT2D eigenvalue weighted by Crippen LogP contribution is -2.48. The highest BCUT2D eigenvalue weighted by Crippen LogP contribution is 2.17. The smallest absolute Gasteiger partial charge is 0.355 e. The van der Waals surface area contributed by atoms with Gasteiger partial charge in [0.1, 0.15) is 5.69 Å². The highest BCUT2D eigenvalue weighted by molar-refractivity contribution is 5.98. The number of hydrogen-bond donors (Lipinski definition) is 3. The number of aromatic nitrogens is 1. The first kappa shape index (κ1) is 16.1. The Morgan fingerprint density at radius 2 is 2.00 bits per heavy atom. The third-order valence-corrected chi connectivity index (χ3v) is 3.65. The third kappa shape index (κ3) is 4.61. The fraction of sp³-hybridized carbons (Fsp3) is 0.533. The Hall–Kier alpha value is -2.31. The molecule has 7 heteroatoms. The largest absolute Gasteiger partial charge is 0.448 e. The predicted molar refractivity (Wildman–Crippen MR) is 79.2 cm³/mol. The van der Waals surface area contributed by atoms with Gasteiger partial charge in [0.25, 0.3) is 5.91 Å². The number of imide groups is 1. The number of nitrogens with one attached hydrogen (secondary N) is 3. The number of H-pyrrole nitrogens is 1. The molecule has 0 bridgehead atoms. The van der Waals surface area contributed by atoms with Crippen LogP contribution in [0.4, 0.5) is 4.79 Å². The van der Waals surface area contributed by atoms with E-state index >= 15 is 0 Å². The van der Waals surface area contributed by atoms with Crippen molar-refractivity contribution in [2.75, 3.05) is 0 Å². The van der Waals surface area contributed by atoms with Crippen LogP contribution in [0.3, 0.4) is 0 Å². The van der Waals surface area contributed by atoms with E-state index in [1.807, 2.05) is 0 Å². The molecule has 3 amide bonds. The van der Waals surface area contributed by atoms with Crippen LogP contribution in [0.1, 0.15) is 49.5 Å². The minimum atomic E-state index is -1.05. The number of aromatic amines is 1. The molecule has 1 aliphatic rings. The summed E-state index contributed by atoms with van der Waals surface area (Å²) in [7, 11) is 0. The second kappa shape index (κ2) is 7.63. The Balaban J connectivity index is 1.75. The Kier molecular flexibility index (Phi) is 5.57. The van der Waals surface area contributed by atoms with E-state index in [1.54, 1.807) is 18.3 Å². The Morgan fingerprint density at radius 3 is 2.64 bits per heavy atom. The summed E-state index contributed by atoms with van der Waals surface area (Å²) in [5, 5.41) is 4.97. The molecule has 1 aromatic rings.